The van der Waals surface area contributed by atoms with Crippen LogP contribution < -0.4 is 18.9 Å². The molecule has 0 amide bonds. The quantitative estimate of drug-likeness (QED) is 0.362. The summed E-state index contributed by atoms with van der Waals surface area (Å²) in [7, 11) is 0. The van der Waals surface area contributed by atoms with Crippen LogP contribution in [-0.4, -0.2) is 6.91 Å². The second kappa shape index (κ2) is 8.45. The van der Waals surface area contributed by atoms with Crippen molar-refractivity contribution in [2.75, 3.05) is 0 Å². The summed E-state index contributed by atoms with van der Waals surface area (Å²) < 4.78 is 0. The summed E-state index contributed by atoms with van der Waals surface area (Å²) in [4.78, 5) is 5.30. The first-order chi connectivity index (χ1) is 12.9. The van der Waals surface area contributed by atoms with Gasteiger partial charge in [-0.15, -0.1) is 0 Å². The number of rotatable bonds is 4. The van der Waals surface area contributed by atoms with E-state index in [4.69, 9.17) is 0 Å². The molecule has 0 aliphatic rings. The van der Waals surface area contributed by atoms with Crippen molar-refractivity contribution in [2.45, 2.75) is 0 Å². The van der Waals surface area contributed by atoms with Gasteiger partial charge in [0.2, 0.25) is 0 Å². The molecule has 0 saturated carbocycles. The van der Waals surface area contributed by atoms with Crippen LogP contribution in [0.1, 0.15) is 1.43 Å². The molecule has 0 aliphatic carbocycles. The number of thiophene rings is 4. The molecule has 0 bridgehead atoms. The van der Waals surface area contributed by atoms with E-state index < -0.39 is 0 Å². The molecule has 0 aliphatic heterocycles. The van der Waals surface area contributed by atoms with E-state index in [0.717, 1.165) is 0 Å². The molecule has 27 heavy (non-hydrogen) atoms. The fourth-order valence-electron chi connectivity index (χ4n) is 3.23. The van der Waals surface area contributed by atoms with Gasteiger partial charge in [0.1, 0.15) is 0 Å². The molecule has 0 unspecified atom stereocenters. The molecule has 5 aromatic rings. The average Bonchev–Trinajstić information content (AvgIpc) is 3.49. The Morgan fingerprint density at radius 2 is 1.07 bits per heavy atom. The van der Waals surface area contributed by atoms with Gasteiger partial charge in [-0.25, -0.2) is 0 Å². The molecule has 0 radical (unpaired) electrons. The van der Waals surface area contributed by atoms with E-state index in [1.54, 1.807) is 0 Å². The minimum absolute atomic E-state index is 0. The second-order valence-corrected chi connectivity index (χ2v) is 9.61. The Hall–Kier alpha value is -1.19. The van der Waals surface area contributed by atoms with Gasteiger partial charge in [0.15, 0.2) is 0 Å². The Bertz CT molecular complexity index is 1020. The van der Waals surface area contributed by atoms with E-state index in [0.29, 0.717) is 0 Å². The molecule has 5 rings (SSSR count). The predicted octanol–water partition coefficient (Wildman–Crippen LogP) is 5.06. The van der Waals surface area contributed by atoms with Crippen LogP contribution in [0.15, 0.2) is 76.0 Å². The Morgan fingerprint density at radius 3 is 1.59 bits per heavy atom. The van der Waals surface area contributed by atoms with Crippen LogP contribution in [0, 0.1) is 0 Å². The molecule has 0 atom stereocenters. The monoisotopic (exact) mass is 412 g/mol. The van der Waals surface area contributed by atoms with Gasteiger partial charge in [-0.3, -0.25) is 0 Å². The number of hydrogen-bond donors (Lipinski definition) is 0. The normalized spacial score (nSPS) is 10.5. The zero-order chi connectivity index (χ0) is 17.3. The summed E-state index contributed by atoms with van der Waals surface area (Å²) in [6.45, 7) is 2.30. The molecule has 5 heterocycles. The molecule has 5 aromatic heterocycles. The van der Waals surface area contributed by atoms with E-state index in [1.165, 1.54) is 41.7 Å². The van der Waals surface area contributed by atoms with Crippen LogP contribution in [0.5, 0.6) is 0 Å². The van der Waals surface area contributed by atoms with E-state index in [-0.39, 0.29) is 20.3 Å². The van der Waals surface area contributed by atoms with Crippen molar-refractivity contribution in [2.24, 2.45) is 0 Å². The summed E-state index contributed by atoms with van der Waals surface area (Å²) in [5.74, 6) is 2.30. The van der Waals surface area contributed by atoms with Crippen LogP contribution >= 0.6 is 45.3 Å². The van der Waals surface area contributed by atoms with E-state index in [1.807, 2.05) is 45.3 Å². The standard InChI is InChI=1S/C21H13BS4.Li.H/c1-5-15(23-9-1)14-13-22-21(18-8-4-12-26-18)20(17-7-3-11-25-17)19(14)16-6-2-10-24-16;;/h1-13H;;/q;+1;-1. The maximum absolute atomic E-state index is 2.30. The topological polar surface area (TPSA) is 0 Å². The van der Waals surface area contributed by atoms with E-state index in [2.05, 4.69) is 82.9 Å². The minimum atomic E-state index is 0. The van der Waals surface area contributed by atoms with Gasteiger partial charge in [-0.1, -0.05) is 0 Å². The predicted molar refractivity (Wildman–Crippen MR) is 122 cm³/mol. The van der Waals surface area contributed by atoms with Crippen LogP contribution in [-0.2, 0) is 0 Å². The Kier molecular flexibility index (Phi) is 5.99. The molecule has 0 aromatic carbocycles. The van der Waals surface area contributed by atoms with Crippen molar-refractivity contribution in [3.05, 3.63) is 76.0 Å². The van der Waals surface area contributed by atoms with Gasteiger partial charge in [0.25, 0.3) is 0 Å². The summed E-state index contributed by atoms with van der Waals surface area (Å²) in [5, 5.41) is 8.66. The first-order valence-corrected chi connectivity index (χ1v) is 11.8. The molecular formula is C21H14BLiS4. The molecule has 0 N–H and O–H groups in total. The zero-order valence-electron chi connectivity index (χ0n) is 15.7. The van der Waals surface area contributed by atoms with Crippen molar-refractivity contribution in [1.82, 2.24) is 0 Å². The summed E-state index contributed by atoms with van der Waals surface area (Å²) in [6, 6.07) is 17.5. The summed E-state index contributed by atoms with van der Waals surface area (Å²) >= 11 is 7.25. The van der Waals surface area contributed by atoms with Gasteiger partial charge in [0.05, 0.1) is 0 Å². The third kappa shape index (κ3) is 3.61. The Labute approximate surface area is 189 Å². The Balaban J connectivity index is 0.00000112. The molecule has 0 saturated heterocycles. The zero-order valence-corrected chi connectivity index (χ0v) is 18.0. The molecule has 0 fully saturated rings. The maximum atomic E-state index is 2.30. The van der Waals surface area contributed by atoms with E-state index >= 15 is 0 Å². The van der Waals surface area contributed by atoms with Crippen LogP contribution in [0.3, 0.4) is 0 Å². The van der Waals surface area contributed by atoms with Gasteiger partial charge in [-0.05, 0) is 0 Å². The average molecular weight is 412 g/mol. The van der Waals surface area contributed by atoms with Gasteiger partial charge in [0, 0.05) is 0 Å². The van der Waals surface area contributed by atoms with Crippen molar-refractivity contribution in [1.29, 1.82) is 0 Å². The molecule has 126 valence electrons. The van der Waals surface area contributed by atoms with Gasteiger partial charge < -0.3 is 1.43 Å². The van der Waals surface area contributed by atoms with Gasteiger partial charge in [-0.2, -0.15) is 0 Å². The molecule has 6 heteroatoms. The molecule has 0 nitrogen and oxygen atoms in total. The van der Waals surface area contributed by atoms with Crippen molar-refractivity contribution >= 4 is 52.3 Å². The molecular weight excluding hydrogens is 398 g/mol. The van der Waals surface area contributed by atoms with Crippen molar-refractivity contribution < 1.29 is 20.3 Å². The summed E-state index contributed by atoms with van der Waals surface area (Å²) in [6.07, 6.45) is 0. The van der Waals surface area contributed by atoms with Crippen molar-refractivity contribution in [3.63, 3.8) is 0 Å². The third-order valence-electron chi connectivity index (χ3n) is 4.31. The Morgan fingerprint density at radius 1 is 0.593 bits per heavy atom. The van der Waals surface area contributed by atoms with Crippen molar-refractivity contribution in [3.8, 4) is 41.7 Å². The second-order valence-electron chi connectivity index (χ2n) is 5.82. The summed E-state index contributed by atoms with van der Waals surface area (Å²) in [5.41, 5.74) is 5.36. The SMILES string of the molecule is [H-].[Li+].b1cc(-c2cccs2)c(-c2cccs2)c(-c2cccs2)c1-c1cccs1. The fraction of sp³-hybridized carbons (Fsp3) is 0. The number of hydrogen-bond acceptors (Lipinski definition) is 4. The first kappa shape index (κ1) is 19.1. The van der Waals surface area contributed by atoms with Gasteiger partial charge >= 0.3 is 189 Å². The van der Waals surface area contributed by atoms with Crippen LogP contribution in [0.25, 0.3) is 41.7 Å². The van der Waals surface area contributed by atoms with Crippen LogP contribution in [0.4, 0.5) is 0 Å². The van der Waals surface area contributed by atoms with E-state index in [9.17, 15) is 0 Å². The first-order valence-electron chi connectivity index (χ1n) is 8.24. The third-order valence-corrected chi connectivity index (χ3v) is 7.89. The fourth-order valence-corrected chi connectivity index (χ4v) is 6.33. The van der Waals surface area contributed by atoms with Crippen LogP contribution in [0.2, 0.25) is 0 Å². The molecule has 0 spiro atoms.